The molecule has 3 atom stereocenters. The first kappa shape index (κ1) is 12.8. The Hall–Kier alpha value is -0.270. The van der Waals surface area contributed by atoms with E-state index < -0.39 is 34.4 Å². The predicted molar refractivity (Wildman–Crippen MR) is 49.0 cm³/mol. The summed E-state index contributed by atoms with van der Waals surface area (Å²) >= 11 is 0. The molecule has 0 aromatic heterocycles. The summed E-state index contributed by atoms with van der Waals surface area (Å²) in [4.78, 5) is 0. The minimum atomic E-state index is -3.94. The Morgan fingerprint density at radius 1 is 1.47 bits per heavy atom. The second-order valence-electron chi connectivity index (χ2n) is 3.68. The molecule has 0 saturated carbocycles. The van der Waals surface area contributed by atoms with Crippen LogP contribution in [-0.4, -0.2) is 33.0 Å². The van der Waals surface area contributed by atoms with Gasteiger partial charge in [-0.05, 0) is 6.42 Å². The standard InChI is InChI=1S/C8H14F2O4S/c1-4-6-5(2)8(9,10)7(13-6)14-15(3,11)12/h5-7H,4H2,1-3H3. The molecule has 1 fully saturated rings. The quantitative estimate of drug-likeness (QED) is 0.703. The minimum Gasteiger partial charge on any atom is -0.343 e. The van der Waals surface area contributed by atoms with Crippen LogP contribution in [0.1, 0.15) is 20.3 Å². The molecule has 0 aromatic carbocycles. The molecule has 1 aliphatic heterocycles. The van der Waals surface area contributed by atoms with Gasteiger partial charge in [0, 0.05) is 0 Å². The zero-order chi connectivity index (χ0) is 11.9. The van der Waals surface area contributed by atoms with Crippen LogP contribution in [0.25, 0.3) is 0 Å². The molecule has 0 spiro atoms. The van der Waals surface area contributed by atoms with Crippen LogP contribution in [0.3, 0.4) is 0 Å². The lowest BCUT2D eigenvalue weighted by molar-refractivity contribution is -0.174. The second-order valence-corrected chi connectivity index (χ2v) is 5.28. The fourth-order valence-corrected chi connectivity index (χ4v) is 2.02. The molecule has 1 aliphatic rings. The summed E-state index contributed by atoms with van der Waals surface area (Å²) < 4.78 is 57.5. The largest absolute Gasteiger partial charge is 0.343 e. The van der Waals surface area contributed by atoms with E-state index in [0.717, 1.165) is 6.26 Å². The van der Waals surface area contributed by atoms with Gasteiger partial charge >= 0.3 is 5.92 Å². The normalized spacial score (nSPS) is 35.7. The van der Waals surface area contributed by atoms with Gasteiger partial charge < -0.3 is 4.74 Å². The molecule has 3 unspecified atom stereocenters. The third kappa shape index (κ3) is 2.64. The highest BCUT2D eigenvalue weighted by atomic mass is 32.2. The molecule has 7 heteroatoms. The zero-order valence-corrected chi connectivity index (χ0v) is 9.55. The monoisotopic (exact) mass is 244 g/mol. The first-order valence-corrected chi connectivity index (χ1v) is 6.41. The highest BCUT2D eigenvalue weighted by molar-refractivity contribution is 7.86. The molecular weight excluding hydrogens is 230 g/mol. The minimum absolute atomic E-state index is 0.389. The summed E-state index contributed by atoms with van der Waals surface area (Å²) in [6.07, 6.45) is -1.56. The number of alkyl halides is 2. The Kier molecular flexibility index (Phi) is 3.37. The van der Waals surface area contributed by atoms with E-state index in [0.29, 0.717) is 6.42 Å². The fraction of sp³-hybridized carbons (Fsp3) is 1.00. The maximum absolute atomic E-state index is 13.5. The Morgan fingerprint density at radius 2 is 2.00 bits per heavy atom. The van der Waals surface area contributed by atoms with Crippen LogP contribution in [0.2, 0.25) is 0 Å². The van der Waals surface area contributed by atoms with E-state index in [2.05, 4.69) is 4.18 Å². The van der Waals surface area contributed by atoms with Gasteiger partial charge in [-0.1, -0.05) is 13.8 Å². The summed E-state index contributed by atoms with van der Waals surface area (Å²) in [5, 5.41) is 0. The summed E-state index contributed by atoms with van der Waals surface area (Å²) in [7, 11) is -3.94. The van der Waals surface area contributed by atoms with Crippen LogP contribution in [0.15, 0.2) is 0 Å². The van der Waals surface area contributed by atoms with Crippen LogP contribution in [-0.2, 0) is 19.0 Å². The second kappa shape index (κ2) is 3.95. The van der Waals surface area contributed by atoms with Crippen LogP contribution in [0.5, 0.6) is 0 Å². The predicted octanol–water partition coefficient (Wildman–Crippen LogP) is 1.37. The van der Waals surface area contributed by atoms with Crippen molar-refractivity contribution in [1.29, 1.82) is 0 Å². The molecule has 1 rings (SSSR count). The molecule has 1 saturated heterocycles. The lowest BCUT2D eigenvalue weighted by atomic mass is 9.98. The highest BCUT2D eigenvalue weighted by Crippen LogP contribution is 2.42. The summed E-state index contributed by atoms with van der Waals surface area (Å²) in [6, 6.07) is 0. The van der Waals surface area contributed by atoms with Crippen molar-refractivity contribution in [3.63, 3.8) is 0 Å². The van der Waals surface area contributed by atoms with Crippen LogP contribution in [0, 0.1) is 5.92 Å². The average molecular weight is 244 g/mol. The van der Waals surface area contributed by atoms with Crippen molar-refractivity contribution in [2.75, 3.05) is 6.26 Å². The van der Waals surface area contributed by atoms with Crippen molar-refractivity contribution in [2.45, 2.75) is 38.6 Å². The van der Waals surface area contributed by atoms with Crippen LogP contribution >= 0.6 is 0 Å². The Balaban J connectivity index is 2.84. The molecule has 0 bridgehead atoms. The van der Waals surface area contributed by atoms with Crippen molar-refractivity contribution in [2.24, 2.45) is 5.92 Å². The third-order valence-electron chi connectivity index (χ3n) is 2.44. The van der Waals surface area contributed by atoms with E-state index in [1.54, 1.807) is 6.92 Å². The van der Waals surface area contributed by atoms with Gasteiger partial charge in [0.15, 0.2) is 0 Å². The molecule has 0 N–H and O–H groups in total. The molecule has 0 amide bonds. The van der Waals surface area contributed by atoms with E-state index in [4.69, 9.17) is 4.74 Å². The summed E-state index contributed by atoms with van der Waals surface area (Å²) in [5.41, 5.74) is 0. The number of hydrogen-bond acceptors (Lipinski definition) is 4. The van der Waals surface area contributed by atoms with Gasteiger partial charge in [-0.15, -0.1) is 0 Å². The zero-order valence-electron chi connectivity index (χ0n) is 8.74. The van der Waals surface area contributed by atoms with Crippen molar-refractivity contribution in [1.82, 2.24) is 0 Å². The topological polar surface area (TPSA) is 52.6 Å². The first-order chi connectivity index (χ1) is 6.68. The maximum atomic E-state index is 13.5. The number of rotatable bonds is 3. The fourth-order valence-electron chi connectivity index (χ4n) is 1.53. The number of hydrogen-bond donors (Lipinski definition) is 0. The van der Waals surface area contributed by atoms with Gasteiger partial charge in [-0.25, -0.2) is 13.0 Å². The van der Waals surface area contributed by atoms with Crippen molar-refractivity contribution >= 4 is 10.1 Å². The molecule has 0 aliphatic carbocycles. The van der Waals surface area contributed by atoms with Crippen molar-refractivity contribution in [3.8, 4) is 0 Å². The first-order valence-electron chi connectivity index (χ1n) is 4.60. The van der Waals surface area contributed by atoms with E-state index in [1.165, 1.54) is 6.92 Å². The molecule has 4 nitrogen and oxygen atoms in total. The number of halogens is 2. The lowest BCUT2D eigenvalue weighted by Crippen LogP contribution is -2.36. The number of ether oxygens (including phenoxy) is 1. The smallest absolute Gasteiger partial charge is 0.304 e. The van der Waals surface area contributed by atoms with Crippen molar-refractivity contribution < 1.29 is 26.1 Å². The van der Waals surface area contributed by atoms with Gasteiger partial charge in [0.25, 0.3) is 10.1 Å². The van der Waals surface area contributed by atoms with Crippen LogP contribution in [0.4, 0.5) is 8.78 Å². The average Bonchev–Trinajstić information content (AvgIpc) is 2.26. The van der Waals surface area contributed by atoms with Crippen LogP contribution < -0.4 is 0 Å². The third-order valence-corrected chi connectivity index (χ3v) is 2.97. The SMILES string of the molecule is CCC1OC(OS(C)(=O)=O)C(F)(F)C1C. The lowest BCUT2D eigenvalue weighted by Gasteiger charge is -2.19. The summed E-state index contributed by atoms with van der Waals surface area (Å²) in [6.45, 7) is 3.01. The van der Waals surface area contributed by atoms with E-state index in [9.17, 15) is 17.2 Å². The van der Waals surface area contributed by atoms with E-state index in [-0.39, 0.29) is 0 Å². The van der Waals surface area contributed by atoms with E-state index >= 15 is 0 Å². The Bertz CT molecular complexity index is 328. The highest BCUT2D eigenvalue weighted by Gasteiger charge is 2.57. The van der Waals surface area contributed by atoms with Gasteiger partial charge in [-0.3, -0.25) is 0 Å². The molecule has 0 radical (unpaired) electrons. The Labute approximate surface area is 87.7 Å². The molecular formula is C8H14F2O4S. The maximum Gasteiger partial charge on any atom is 0.304 e. The van der Waals surface area contributed by atoms with E-state index in [1.807, 2.05) is 0 Å². The van der Waals surface area contributed by atoms with Crippen molar-refractivity contribution in [3.05, 3.63) is 0 Å². The Morgan fingerprint density at radius 3 is 2.33 bits per heavy atom. The molecule has 15 heavy (non-hydrogen) atoms. The molecule has 0 aromatic rings. The van der Waals surface area contributed by atoms with Gasteiger partial charge in [-0.2, -0.15) is 8.42 Å². The van der Waals surface area contributed by atoms with Gasteiger partial charge in [0.2, 0.25) is 6.29 Å². The summed E-state index contributed by atoms with van der Waals surface area (Å²) in [5.74, 6) is -4.32. The van der Waals surface area contributed by atoms with Gasteiger partial charge in [0.1, 0.15) is 0 Å². The van der Waals surface area contributed by atoms with Gasteiger partial charge in [0.05, 0.1) is 18.3 Å². The molecule has 1 heterocycles. The molecule has 90 valence electrons.